The maximum absolute atomic E-state index is 14.6. The number of anilines is 2. The van der Waals surface area contributed by atoms with E-state index in [1.165, 1.54) is 66.6 Å². The van der Waals surface area contributed by atoms with Crippen molar-refractivity contribution < 1.29 is 40.5 Å². The van der Waals surface area contributed by atoms with E-state index in [1.54, 1.807) is 20.8 Å². The summed E-state index contributed by atoms with van der Waals surface area (Å²) in [4.78, 5) is 31.6. The molecule has 1 aliphatic rings. The van der Waals surface area contributed by atoms with Crippen molar-refractivity contribution in [2.24, 2.45) is 4.36 Å². The van der Waals surface area contributed by atoms with Gasteiger partial charge in [0.25, 0.3) is 5.91 Å². The molecule has 1 saturated heterocycles. The summed E-state index contributed by atoms with van der Waals surface area (Å²) in [7, 11) is -3.36. The number of alkyl halides is 5. The van der Waals surface area contributed by atoms with E-state index >= 15 is 0 Å². The number of nitrogens with one attached hydrogen (secondary N) is 1. The molecule has 0 bridgehead atoms. The van der Waals surface area contributed by atoms with Crippen LogP contribution in [0.4, 0.5) is 38.3 Å². The summed E-state index contributed by atoms with van der Waals surface area (Å²) in [5.41, 5.74) is -2.73. The molecular weight excluding hydrogens is 657 g/mol. The molecule has 1 fully saturated rings. The highest BCUT2D eigenvalue weighted by atomic mass is 32.2. The van der Waals surface area contributed by atoms with E-state index in [9.17, 15) is 41.0 Å². The number of hydrogen-bond acceptors (Lipinski definition) is 7. The number of halogens is 5. The standard InChI is InChI=1S/C33H34F5N5O4S/c1-20-25(22-12-10-21(19-39)11-13-22)27(33(36,37)38)41-28(43-16-7-14-32(34,35)15-17-43)26(20)29(44)40-23-8-6-9-24(18-23)48(5,46)42-30(45)47-31(2,3)4/h6,8-13,18H,7,14-17H2,1-5H3,(H,40,44)/t48-/m1/s1. The molecule has 9 nitrogen and oxygen atoms in total. The minimum atomic E-state index is -5.00. The summed E-state index contributed by atoms with van der Waals surface area (Å²) >= 11 is 0. The molecule has 2 heterocycles. The van der Waals surface area contributed by atoms with E-state index in [1.807, 2.05) is 6.07 Å². The molecular formula is C33H34F5N5O4S. The molecule has 0 aliphatic carbocycles. The van der Waals surface area contributed by atoms with E-state index in [-0.39, 0.29) is 52.3 Å². The molecule has 0 unspecified atom stereocenters. The number of ether oxygens (including phenoxy) is 1. The first-order valence-corrected chi connectivity index (χ1v) is 16.7. The minimum Gasteiger partial charge on any atom is -0.442 e. The number of hydrogen-bond donors (Lipinski definition) is 1. The number of carbonyl (C=O) groups is 2. The highest BCUT2D eigenvalue weighted by molar-refractivity contribution is 7.93. The van der Waals surface area contributed by atoms with Crippen LogP contribution in [0.15, 0.2) is 57.8 Å². The van der Waals surface area contributed by atoms with Gasteiger partial charge in [-0.15, -0.1) is 4.36 Å². The first-order chi connectivity index (χ1) is 22.2. The Balaban J connectivity index is 1.86. The van der Waals surface area contributed by atoms with Crippen molar-refractivity contribution in [1.82, 2.24) is 4.98 Å². The average molecular weight is 692 g/mol. The third-order valence-corrected chi connectivity index (χ3v) is 9.04. The van der Waals surface area contributed by atoms with Crippen molar-refractivity contribution >= 4 is 33.2 Å². The lowest BCUT2D eigenvalue weighted by Crippen LogP contribution is -2.31. The second kappa shape index (κ2) is 13.5. The van der Waals surface area contributed by atoms with E-state index in [2.05, 4.69) is 14.7 Å². The lowest BCUT2D eigenvalue weighted by atomic mass is 9.93. The molecule has 1 atom stereocenters. The molecule has 2 aromatic carbocycles. The number of carbonyl (C=O) groups excluding carboxylic acids is 2. The monoisotopic (exact) mass is 691 g/mol. The van der Waals surface area contributed by atoms with Crippen LogP contribution in [0.25, 0.3) is 11.1 Å². The fraction of sp³-hybridized carbons (Fsp3) is 0.394. The molecule has 1 N–H and O–H groups in total. The van der Waals surface area contributed by atoms with Crippen LogP contribution in [-0.4, -0.2) is 52.1 Å². The number of nitriles is 1. The van der Waals surface area contributed by atoms with E-state index in [4.69, 9.17) is 4.74 Å². The van der Waals surface area contributed by atoms with Crippen LogP contribution in [0.1, 0.15) is 67.2 Å². The number of pyridine rings is 1. The number of amides is 2. The van der Waals surface area contributed by atoms with Gasteiger partial charge in [-0.05, 0) is 75.6 Å². The smallest absolute Gasteiger partial charge is 0.442 e. The summed E-state index contributed by atoms with van der Waals surface area (Å²) in [6, 6.07) is 12.8. The summed E-state index contributed by atoms with van der Waals surface area (Å²) in [5.74, 6) is -4.36. The Morgan fingerprint density at radius 3 is 2.35 bits per heavy atom. The molecule has 15 heteroatoms. The first-order valence-electron chi connectivity index (χ1n) is 14.8. The molecule has 3 aromatic rings. The zero-order valence-corrected chi connectivity index (χ0v) is 27.7. The van der Waals surface area contributed by atoms with Crippen molar-refractivity contribution in [2.45, 2.75) is 69.6 Å². The van der Waals surface area contributed by atoms with Gasteiger partial charge in [0.1, 0.15) is 11.4 Å². The van der Waals surface area contributed by atoms with E-state index in [0.29, 0.717) is 0 Å². The third kappa shape index (κ3) is 8.66. The molecule has 48 heavy (non-hydrogen) atoms. The lowest BCUT2D eigenvalue weighted by molar-refractivity contribution is -0.140. The van der Waals surface area contributed by atoms with E-state index < -0.39 is 69.3 Å². The summed E-state index contributed by atoms with van der Waals surface area (Å²) in [6.07, 6.45) is -6.03. The van der Waals surface area contributed by atoms with Gasteiger partial charge in [-0.3, -0.25) is 4.79 Å². The first kappa shape index (κ1) is 36.3. The highest BCUT2D eigenvalue weighted by Gasteiger charge is 2.41. The number of rotatable bonds is 5. The molecule has 0 radical (unpaired) electrons. The van der Waals surface area contributed by atoms with E-state index in [0.717, 1.165) is 0 Å². The Kier molecular flexibility index (Phi) is 10.2. The largest absolute Gasteiger partial charge is 0.442 e. The Labute approximate surface area is 275 Å². The highest BCUT2D eigenvalue weighted by Crippen LogP contribution is 2.42. The second-order valence-corrected chi connectivity index (χ2v) is 14.7. The fourth-order valence-electron chi connectivity index (χ4n) is 5.21. The minimum absolute atomic E-state index is 0.0331. The fourth-order valence-corrected chi connectivity index (χ4v) is 6.32. The quantitative estimate of drug-likeness (QED) is 0.267. The molecule has 0 saturated carbocycles. The van der Waals surface area contributed by atoms with Gasteiger partial charge in [-0.25, -0.2) is 22.8 Å². The summed E-state index contributed by atoms with van der Waals surface area (Å²) < 4.78 is 94.6. The Hall–Kier alpha value is -4.58. The Bertz CT molecular complexity index is 1890. The van der Waals surface area contributed by atoms with Crippen LogP contribution in [0, 0.1) is 18.3 Å². The summed E-state index contributed by atoms with van der Waals surface area (Å²) in [5, 5.41) is 11.8. The number of benzene rings is 2. The van der Waals surface area contributed by atoms with Gasteiger partial charge in [-0.2, -0.15) is 18.4 Å². The third-order valence-electron chi connectivity index (χ3n) is 7.42. The predicted molar refractivity (Wildman–Crippen MR) is 171 cm³/mol. The van der Waals surface area contributed by atoms with Crippen LogP contribution in [0.3, 0.4) is 0 Å². The molecule has 1 aromatic heterocycles. The van der Waals surface area contributed by atoms with Gasteiger partial charge in [0.05, 0.1) is 26.9 Å². The van der Waals surface area contributed by atoms with Crippen LogP contribution >= 0.6 is 0 Å². The average Bonchev–Trinajstić information content (AvgIpc) is 3.15. The van der Waals surface area contributed by atoms with Crippen LogP contribution < -0.4 is 10.2 Å². The molecule has 2 amide bonds. The molecule has 0 spiro atoms. The van der Waals surface area contributed by atoms with Crippen LogP contribution in [-0.2, 0) is 20.6 Å². The van der Waals surface area contributed by atoms with Crippen molar-refractivity contribution in [3.8, 4) is 17.2 Å². The van der Waals surface area contributed by atoms with Crippen LogP contribution in [0.5, 0.6) is 0 Å². The maximum Gasteiger partial charge on any atom is 0.442 e. The Morgan fingerprint density at radius 2 is 1.75 bits per heavy atom. The van der Waals surface area contributed by atoms with Crippen molar-refractivity contribution in [3.63, 3.8) is 0 Å². The van der Waals surface area contributed by atoms with Crippen molar-refractivity contribution in [3.05, 3.63) is 70.9 Å². The van der Waals surface area contributed by atoms with Crippen LogP contribution in [0.2, 0.25) is 0 Å². The van der Waals surface area contributed by atoms with Gasteiger partial charge in [0, 0.05) is 48.3 Å². The van der Waals surface area contributed by atoms with Gasteiger partial charge >= 0.3 is 12.3 Å². The molecule has 4 rings (SSSR count). The zero-order chi connectivity index (χ0) is 35.7. The van der Waals surface area contributed by atoms with Gasteiger partial charge in [-0.1, -0.05) is 18.2 Å². The second-order valence-electron chi connectivity index (χ2n) is 12.4. The van der Waals surface area contributed by atoms with Crippen molar-refractivity contribution in [2.75, 3.05) is 29.6 Å². The number of nitrogens with zero attached hydrogens (tertiary/aromatic N) is 4. The SMILES string of the molecule is Cc1c(C(=O)Nc2cccc([S@@](C)(=O)=NC(=O)OC(C)(C)C)c2)c(N2CCCC(F)(F)CC2)nc(C(F)(F)F)c1-c1ccc(C#N)cc1. The Morgan fingerprint density at radius 1 is 1.08 bits per heavy atom. The molecule has 1 aliphatic heterocycles. The van der Waals surface area contributed by atoms with Crippen molar-refractivity contribution in [1.29, 1.82) is 5.26 Å². The lowest BCUT2D eigenvalue weighted by Gasteiger charge is -2.28. The zero-order valence-electron chi connectivity index (χ0n) is 26.9. The summed E-state index contributed by atoms with van der Waals surface area (Å²) in [6.45, 7) is 5.73. The van der Waals surface area contributed by atoms with Gasteiger partial charge in [0.2, 0.25) is 5.92 Å². The molecule has 256 valence electrons. The topological polar surface area (TPSA) is 125 Å². The van der Waals surface area contributed by atoms with Gasteiger partial charge in [0.15, 0.2) is 5.69 Å². The van der Waals surface area contributed by atoms with Gasteiger partial charge < -0.3 is 15.0 Å². The normalized spacial score (nSPS) is 16.2. The number of aromatic nitrogens is 1. The predicted octanol–water partition coefficient (Wildman–Crippen LogP) is 8.22. The maximum atomic E-state index is 14.6.